The molecule has 2 aromatic heterocycles. The molecule has 28 heavy (non-hydrogen) atoms. The van der Waals surface area contributed by atoms with Crippen molar-refractivity contribution < 1.29 is 14.3 Å². The van der Waals surface area contributed by atoms with E-state index in [4.69, 9.17) is 4.74 Å². The molecule has 0 aliphatic heterocycles. The molecule has 9 heteroatoms. The van der Waals surface area contributed by atoms with Crippen LogP contribution in [0.25, 0.3) is 5.69 Å². The van der Waals surface area contributed by atoms with E-state index in [9.17, 15) is 9.59 Å². The van der Waals surface area contributed by atoms with Gasteiger partial charge >= 0.3 is 5.97 Å². The van der Waals surface area contributed by atoms with Gasteiger partial charge in [-0.2, -0.15) is 0 Å². The molecule has 0 aliphatic rings. The fourth-order valence-electron chi connectivity index (χ4n) is 2.48. The highest BCUT2D eigenvalue weighted by Crippen LogP contribution is 2.20. The second-order valence-electron chi connectivity index (χ2n) is 5.89. The number of amides is 1. The van der Waals surface area contributed by atoms with Crippen LogP contribution in [0.5, 0.6) is 0 Å². The van der Waals surface area contributed by atoms with Gasteiger partial charge in [-0.15, -0.1) is 10.2 Å². The Bertz CT molecular complexity index is 973. The molecule has 1 amide bonds. The minimum Gasteiger partial charge on any atom is -0.449 e. The Morgan fingerprint density at radius 2 is 1.93 bits per heavy atom. The first kappa shape index (κ1) is 19.6. The average molecular weight is 397 g/mol. The van der Waals surface area contributed by atoms with E-state index in [-0.39, 0.29) is 0 Å². The van der Waals surface area contributed by atoms with Crippen LogP contribution < -0.4 is 5.32 Å². The van der Waals surface area contributed by atoms with E-state index < -0.39 is 18.0 Å². The number of rotatable bonds is 6. The van der Waals surface area contributed by atoms with Crippen LogP contribution in [0.15, 0.2) is 53.9 Å². The number of ether oxygens (including phenoxy) is 1. The number of anilines is 1. The smallest absolute Gasteiger partial charge is 0.338 e. The zero-order chi connectivity index (χ0) is 20.1. The van der Waals surface area contributed by atoms with Gasteiger partial charge in [0, 0.05) is 11.9 Å². The minimum absolute atomic E-state index is 0.348. The van der Waals surface area contributed by atoms with Gasteiger partial charge in [0.15, 0.2) is 11.3 Å². The maximum absolute atomic E-state index is 12.3. The van der Waals surface area contributed by atoms with Gasteiger partial charge in [0.25, 0.3) is 5.91 Å². The van der Waals surface area contributed by atoms with Gasteiger partial charge in [0.2, 0.25) is 0 Å². The van der Waals surface area contributed by atoms with Gasteiger partial charge in [0.05, 0.1) is 17.4 Å². The largest absolute Gasteiger partial charge is 0.449 e. The first-order valence-corrected chi connectivity index (χ1v) is 9.70. The number of aryl methyl sites for hydroxylation is 1. The predicted octanol–water partition coefficient (Wildman–Crippen LogP) is 2.88. The zero-order valence-corrected chi connectivity index (χ0v) is 16.4. The molecular weight excluding hydrogens is 378 g/mol. The molecule has 0 aliphatic carbocycles. The lowest BCUT2D eigenvalue weighted by Crippen LogP contribution is -2.30. The van der Waals surface area contributed by atoms with E-state index in [2.05, 4.69) is 20.5 Å². The molecule has 3 aromatic rings. The van der Waals surface area contributed by atoms with Crippen molar-refractivity contribution in [2.45, 2.75) is 25.1 Å². The third-order valence-corrected chi connectivity index (χ3v) is 4.55. The van der Waals surface area contributed by atoms with Crippen molar-refractivity contribution in [3.63, 3.8) is 0 Å². The maximum atomic E-state index is 12.3. The summed E-state index contributed by atoms with van der Waals surface area (Å²) in [6.45, 7) is 3.38. The number of nitrogens with one attached hydrogen (secondary N) is 1. The number of pyridine rings is 1. The second kappa shape index (κ2) is 8.66. The summed E-state index contributed by atoms with van der Waals surface area (Å²) in [4.78, 5) is 28.4. The van der Waals surface area contributed by atoms with Gasteiger partial charge in [0.1, 0.15) is 5.82 Å². The minimum atomic E-state index is -0.949. The van der Waals surface area contributed by atoms with Gasteiger partial charge < -0.3 is 10.1 Å². The molecule has 0 radical (unpaired) electrons. The first-order chi connectivity index (χ1) is 13.5. The summed E-state index contributed by atoms with van der Waals surface area (Å²) in [6, 6.07) is 10.3. The molecule has 8 nitrogen and oxygen atoms in total. The maximum Gasteiger partial charge on any atom is 0.338 e. The fourth-order valence-corrected chi connectivity index (χ4v) is 3.02. The van der Waals surface area contributed by atoms with Gasteiger partial charge in [-0.25, -0.2) is 4.79 Å². The van der Waals surface area contributed by atoms with E-state index in [1.807, 2.05) is 17.7 Å². The lowest BCUT2D eigenvalue weighted by molar-refractivity contribution is -0.123. The second-order valence-corrected chi connectivity index (χ2v) is 6.67. The molecule has 0 saturated carbocycles. The van der Waals surface area contributed by atoms with E-state index in [0.29, 0.717) is 11.3 Å². The van der Waals surface area contributed by atoms with Crippen LogP contribution >= 0.6 is 11.8 Å². The Hall–Kier alpha value is -3.20. The fraction of sp³-hybridized carbons (Fsp3) is 0.211. The number of esters is 1. The summed E-state index contributed by atoms with van der Waals surface area (Å²) in [7, 11) is 0. The summed E-state index contributed by atoms with van der Waals surface area (Å²) in [5, 5.41) is 11.6. The number of carbonyl (C=O) groups is 2. The van der Waals surface area contributed by atoms with Crippen molar-refractivity contribution in [2.75, 3.05) is 11.6 Å². The Kier molecular flexibility index (Phi) is 6.05. The monoisotopic (exact) mass is 397 g/mol. The third kappa shape index (κ3) is 4.37. The Labute approximate surface area is 166 Å². The van der Waals surface area contributed by atoms with Crippen molar-refractivity contribution >= 4 is 29.3 Å². The average Bonchev–Trinajstić information content (AvgIpc) is 3.09. The van der Waals surface area contributed by atoms with Gasteiger partial charge in [-0.3, -0.25) is 14.3 Å². The molecule has 0 bridgehead atoms. The Morgan fingerprint density at radius 1 is 1.18 bits per heavy atom. The number of benzene rings is 1. The Balaban J connectivity index is 1.66. The molecule has 2 heterocycles. The van der Waals surface area contributed by atoms with Crippen LogP contribution in [0.3, 0.4) is 0 Å². The molecule has 0 fully saturated rings. The number of hydrogen-bond acceptors (Lipinski definition) is 7. The molecule has 144 valence electrons. The molecule has 1 N–H and O–H groups in total. The van der Waals surface area contributed by atoms with Crippen LogP contribution in [0.4, 0.5) is 5.69 Å². The van der Waals surface area contributed by atoms with E-state index >= 15 is 0 Å². The zero-order valence-electron chi connectivity index (χ0n) is 15.6. The standard InChI is InChI=1S/C19H19N5O3S/c1-12(17(25)21-15-5-4-10-20-11-15)27-18(26)14-6-8-16(9-7-14)24-13(2)22-23-19(24)28-3/h4-12H,1-3H3,(H,21,25). The lowest BCUT2D eigenvalue weighted by Gasteiger charge is -2.14. The van der Waals surface area contributed by atoms with E-state index in [1.54, 1.807) is 42.6 Å². The quantitative estimate of drug-likeness (QED) is 0.504. The highest BCUT2D eigenvalue weighted by Gasteiger charge is 2.19. The predicted molar refractivity (Wildman–Crippen MR) is 106 cm³/mol. The molecule has 1 aromatic carbocycles. The van der Waals surface area contributed by atoms with Crippen molar-refractivity contribution in [3.05, 3.63) is 60.2 Å². The molecule has 3 rings (SSSR count). The SMILES string of the molecule is CSc1nnc(C)n1-c1ccc(C(=O)OC(C)C(=O)Nc2cccnc2)cc1. The number of aromatic nitrogens is 4. The van der Waals surface area contributed by atoms with Crippen LogP contribution in [-0.2, 0) is 9.53 Å². The first-order valence-electron chi connectivity index (χ1n) is 8.48. The van der Waals surface area contributed by atoms with Crippen molar-refractivity contribution in [3.8, 4) is 5.69 Å². The summed E-state index contributed by atoms with van der Waals surface area (Å²) in [5.74, 6) is -0.256. The van der Waals surface area contributed by atoms with Crippen LogP contribution in [-0.4, -0.2) is 44.0 Å². The molecule has 0 saturated heterocycles. The summed E-state index contributed by atoms with van der Waals surface area (Å²) in [6.07, 6.45) is 4.09. The summed E-state index contributed by atoms with van der Waals surface area (Å²) in [5.41, 5.74) is 1.72. The molecule has 1 atom stereocenters. The number of hydrogen-bond donors (Lipinski definition) is 1. The third-order valence-electron chi connectivity index (χ3n) is 3.92. The van der Waals surface area contributed by atoms with Crippen LogP contribution in [0.1, 0.15) is 23.1 Å². The topological polar surface area (TPSA) is 99.0 Å². The molecule has 0 spiro atoms. The normalized spacial score (nSPS) is 11.7. The van der Waals surface area contributed by atoms with Crippen LogP contribution in [0.2, 0.25) is 0 Å². The highest BCUT2D eigenvalue weighted by molar-refractivity contribution is 7.98. The van der Waals surface area contributed by atoms with E-state index in [1.165, 1.54) is 24.9 Å². The van der Waals surface area contributed by atoms with Crippen molar-refractivity contribution in [1.29, 1.82) is 0 Å². The van der Waals surface area contributed by atoms with Gasteiger partial charge in [-0.1, -0.05) is 11.8 Å². The summed E-state index contributed by atoms with van der Waals surface area (Å²) >= 11 is 1.48. The number of carbonyl (C=O) groups excluding carboxylic acids is 2. The highest BCUT2D eigenvalue weighted by atomic mass is 32.2. The Morgan fingerprint density at radius 3 is 2.57 bits per heavy atom. The van der Waals surface area contributed by atoms with Crippen molar-refractivity contribution in [1.82, 2.24) is 19.7 Å². The summed E-state index contributed by atoms with van der Waals surface area (Å²) < 4.78 is 7.16. The lowest BCUT2D eigenvalue weighted by atomic mass is 10.2. The van der Waals surface area contributed by atoms with E-state index in [0.717, 1.165) is 16.7 Å². The molecular formula is C19H19N5O3S. The number of nitrogens with zero attached hydrogens (tertiary/aromatic N) is 4. The van der Waals surface area contributed by atoms with Crippen molar-refractivity contribution in [2.24, 2.45) is 0 Å². The van der Waals surface area contributed by atoms with Crippen LogP contribution in [0, 0.1) is 6.92 Å². The van der Waals surface area contributed by atoms with Gasteiger partial charge in [-0.05, 0) is 56.5 Å². The number of thioether (sulfide) groups is 1. The molecule has 1 unspecified atom stereocenters.